The minimum absolute atomic E-state index is 0.104. The highest BCUT2D eigenvalue weighted by Crippen LogP contribution is 2.56. The van der Waals surface area contributed by atoms with Gasteiger partial charge in [-0.15, -0.1) is 0 Å². The molecule has 3 atom stereocenters. The lowest BCUT2D eigenvalue weighted by Gasteiger charge is -2.28. The van der Waals surface area contributed by atoms with Crippen molar-refractivity contribution in [3.63, 3.8) is 0 Å². The van der Waals surface area contributed by atoms with Gasteiger partial charge in [0.2, 0.25) is 0 Å². The van der Waals surface area contributed by atoms with Crippen molar-refractivity contribution in [3.8, 4) is 5.75 Å². The van der Waals surface area contributed by atoms with Crippen LogP contribution in [0, 0.1) is 17.3 Å². The van der Waals surface area contributed by atoms with Gasteiger partial charge >= 0.3 is 0 Å². The minimum atomic E-state index is -0.465. The molecule has 3 unspecified atom stereocenters. The van der Waals surface area contributed by atoms with Crippen LogP contribution in [0.5, 0.6) is 5.75 Å². The van der Waals surface area contributed by atoms with Crippen LogP contribution in [0.25, 0.3) is 0 Å². The van der Waals surface area contributed by atoms with E-state index in [4.69, 9.17) is 0 Å². The highest BCUT2D eigenvalue weighted by molar-refractivity contribution is 5.97. The molecule has 0 amide bonds. The molecule has 1 aliphatic heterocycles. The fourth-order valence-corrected chi connectivity index (χ4v) is 5.11. The van der Waals surface area contributed by atoms with Gasteiger partial charge in [0.1, 0.15) is 5.75 Å². The quantitative estimate of drug-likeness (QED) is 0.816. The lowest BCUT2D eigenvalue weighted by molar-refractivity contribution is 0.0156. The van der Waals surface area contributed by atoms with Crippen molar-refractivity contribution < 1.29 is 15.0 Å². The summed E-state index contributed by atoms with van der Waals surface area (Å²) >= 11 is 0. The molecule has 1 heterocycles. The summed E-state index contributed by atoms with van der Waals surface area (Å²) in [5, 5.41) is 20.3. The zero-order chi connectivity index (χ0) is 16.9. The highest BCUT2D eigenvalue weighted by atomic mass is 16.3. The molecule has 0 aromatic heterocycles. The monoisotopic (exact) mass is 329 g/mol. The molecule has 3 fully saturated rings. The van der Waals surface area contributed by atoms with E-state index in [-0.39, 0.29) is 16.9 Å². The zero-order valence-electron chi connectivity index (χ0n) is 14.4. The summed E-state index contributed by atoms with van der Waals surface area (Å²) in [4.78, 5) is 14.7. The fraction of sp³-hybridized carbons (Fsp3) is 0.650. The molecule has 2 aliphatic carbocycles. The topological polar surface area (TPSA) is 60.8 Å². The van der Waals surface area contributed by atoms with Gasteiger partial charge in [0, 0.05) is 18.7 Å². The summed E-state index contributed by atoms with van der Waals surface area (Å²) in [5.41, 5.74) is 0.326. The standard InChI is InChI=1S/C20H27NO3/c1-19-12-20(24,8-14-2-3-14)9-16(19)10-21(13-19)11-18(23)15-4-6-17(22)7-5-15/h4-7,14,16,22,24H,2-3,8-13H2,1H3. The van der Waals surface area contributed by atoms with E-state index in [0.717, 1.165) is 38.3 Å². The van der Waals surface area contributed by atoms with E-state index in [0.29, 0.717) is 18.0 Å². The second-order valence-corrected chi connectivity index (χ2v) is 8.74. The Morgan fingerprint density at radius 3 is 2.62 bits per heavy atom. The largest absolute Gasteiger partial charge is 0.508 e. The number of hydrogen-bond donors (Lipinski definition) is 2. The van der Waals surface area contributed by atoms with E-state index in [1.807, 2.05) is 0 Å². The van der Waals surface area contributed by atoms with E-state index in [2.05, 4.69) is 11.8 Å². The van der Waals surface area contributed by atoms with Crippen molar-refractivity contribution >= 4 is 5.78 Å². The van der Waals surface area contributed by atoms with Gasteiger partial charge in [-0.05, 0) is 60.8 Å². The summed E-state index contributed by atoms with van der Waals surface area (Å²) in [5.74, 6) is 1.54. The molecule has 0 radical (unpaired) electrons. The van der Waals surface area contributed by atoms with Gasteiger partial charge in [-0.1, -0.05) is 19.8 Å². The second kappa shape index (κ2) is 5.57. The number of nitrogens with zero attached hydrogens (tertiary/aromatic N) is 1. The number of ketones is 1. The first-order valence-corrected chi connectivity index (χ1v) is 9.12. The predicted octanol–water partition coefficient (Wildman–Crippen LogP) is 2.84. The number of hydrogen-bond acceptors (Lipinski definition) is 4. The molecule has 2 saturated carbocycles. The van der Waals surface area contributed by atoms with Crippen LogP contribution in [0.1, 0.15) is 49.4 Å². The number of aliphatic hydroxyl groups is 1. The fourth-order valence-electron chi connectivity index (χ4n) is 5.11. The lowest BCUT2D eigenvalue weighted by Crippen LogP contribution is -2.34. The third-order valence-electron chi connectivity index (χ3n) is 6.33. The van der Waals surface area contributed by atoms with E-state index >= 15 is 0 Å². The van der Waals surface area contributed by atoms with Crippen molar-refractivity contribution in [1.82, 2.24) is 4.90 Å². The number of carbonyl (C=O) groups is 1. The lowest BCUT2D eigenvalue weighted by atomic mass is 9.82. The Bertz CT molecular complexity index is 639. The predicted molar refractivity (Wildman–Crippen MR) is 92.0 cm³/mol. The zero-order valence-corrected chi connectivity index (χ0v) is 14.4. The molecule has 1 aromatic carbocycles. The molecule has 0 spiro atoms. The highest BCUT2D eigenvalue weighted by Gasteiger charge is 2.56. The first kappa shape index (κ1) is 16.1. The summed E-state index contributed by atoms with van der Waals surface area (Å²) in [6.07, 6.45) is 5.33. The number of aromatic hydroxyl groups is 1. The summed E-state index contributed by atoms with van der Waals surface area (Å²) < 4.78 is 0. The van der Waals surface area contributed by atoms with E-state index < -0.39 is 5.60 Å². The Labute approximate surface area is 143 Å². The van der Waals surface area contributed by atoms with Crippen LogP contribution in [0.2, 0.25) is 0 Å². The first-order chi connectivity index (χ1) is 11.4. The average molecular weight is 329 g/mol. The Balaban J connectivity index is 1.37. The Hall–Kier alpha value is -1.39. The minimum Gasteiger partial charge on any atom is -0.508 e. The molecule has 1 aromatic rings. The van der Waals surface area contributed by atoms with E-state index in [1.54, 1.807) is 24.3 Å². The molecule has 0 bridgehead atoms. The normalized spacial score (nSPS) is 36.0. The molecule has 4 rings (SSSR count). The second-order valence-electron chi connectivity index (χ2n) is 8.74. The van der Waals surface area contributed by atoms with Crippen LogP contribution < -0.4 is 0 Å². The SMILES string of the molecule is CC12CN(CC(=O)c3ccc(O)cc3)CC1CC(O)(CC1CC1)C2. The molecule has 2 N–H and O–H groups in total. The maximum Gasteiger partial charge on any atom is 0.176 e. The van der Waals surface area contributed by atoms with Crippen LogP contribution in [0.15, 0.2) is 24.3 Å². The van der Waals surface area contributed by atoms with Crippen molar-refractivity contribution in [2.75, 3.05) is 19.6 Å². The van der Waals surface area contributed by atoms with Gasteiger partial charge in [0.25, 0.3) is 0 Å². The van der Waals surface area contributed by atoms with Gasteiger partial charge in [0.15, 0.2) is 5.78 Å². The van der Waals surface area contributed by atoms with Crippen molar-refractivity contribution in [2.45, 2.75) is 44.6 Å². The average Bonchev–Trinajstić information content (AvgIpc) is 3.19. The van der Waals surface area contributed by atoms with Crippen LogP contribution in [0.4, 0.5) is 0 Å². The molecule has 4 nitrogen and oxygen atoms in total. The van der Waals surface area contributed by atoms with Crippen molar-refractivity contribution in [3.05, 3.63) is 29.8 Å². The summed E-state index contributed by atoms with van der Waals surface area (Å²) in [6.45, 7) is 4.52. The number of phenolic OH excluding ortho intramolecular Hbond substituents is 1. The van der Waals surface area contributed by atoms with Gasteiger partial charge in [-0.3, -0.25) is 9.69 Å². The van der Waals surface area contributed by atoms with Crippen molar-refractivity contribution in [1.29, 1.82) is 0 Å². The smallest absolute Gasteiger partial charge is 0.176 e. The van der Waals surface area contributed by atoms with E-state index in [9.17, 15) is 15.0 Å². The number of Topliss-reactive ketones (excluding diaryl/α,β-unsaturated/α-hetero) is 1. The first-order valence-electron chi connectivity index (χ1n) is 9.12. The number of phenols is 1. The molecule has 3 aliphatic rings. The number of fused-ring (bicyclic) bond motifs is 1. The van der Waals surface area contributed by atoms with E-state index in [1.165, 1.54) is 12.8 Å². The number of rotatable bonds is 5. The van der Waals surface area contributed by atoms with Crippen LogP contribution >= 0.6 is 0 Å². The molecule has 130 valence electrons. The third-order valence-corrected chi connectivity index (χ3v) is 6.33. The molecule has 24 heavy (non-hydrogen) atoms. The number of benzene rings is 1. The van der Waals surface area contributed by atoms with Crippen LogP contribution in [0.3, 0.4) is 0 Å². The van der Waals surface area contributed by atoms with Crippen molar-refractivity contribution in [2.24, 2.45) is 17.3 Å². The van der Waals surface area contributed by atoms with Gasteiger partial charge < -0.3 is 10.2 Å². The molecule has 4 heteroatoms. The maximum absolute atomic E-state index is 12.4. The Morgan fingerprint density at radius 1 is 1.29 bits per heavy atom. The molecular weight excluding hydrogens is 302 g/mol. The Morgan fingerprint density at radius 2 is 2.00 bits per heavy atom. The maximum atomic E-state index is 12.4. The van der Waals surface area contributed by atoms with Crippen LogP contribution in [-0.2, 0) is 0 Å². The van der Waals surface area contributed by atoms with Gasteiger partial charge in [0.05, 0.1) is 12.1 Å². The molecular formula is C20H27NO3. The summed E-state index contributed by atoms with van der Waals surface area (Å²) in [6, 6.07) is 6.49. The third kappa shape index (κ3) is 3.09. The molecule has 1 saturated heterocycles. The van der Waals surface area contributed by atoms with Crippen LogP contribution in [-0.4, -0.2) is 46.1 Å². The Kier molecular flexibility index (Phi) is 3.73. The number of carbonyl (C=O) groups excluding carboxylic acids is 1. The number of likely N-dealkylation sites (tertiary alicyclic amines) is 1. The van der Waals surface area contributed by atoms with Gasteiger partial charge in [-0.25, -0.2) is 0 Å². The van der Waals surface area contributed by atoms with Gasteiger partial charge in [-0.2, -0.15) is 0 Å². The summed E-state index contributed by atoms with van der Waals surface area (Å²) in [7, 11) is 0.